The van der Waals surface area contributed by atoms with E-state index < -0.39 is 11.6 Å². The average Bonchev–Trinajstić information content (AvgIpc) is 2.63. The smallest absolute Gasteiger partial charge is 0.187 e. The van der Waals surface area contributed by atoms with Crippen LogP contribution in [0.3, 0.4) is 0 Å². The maximum absolute atomic E-state index is 13.4. The number of hydrogen-bond donors (Lipinski definition) is 0. The first-order valence-corrected chi connectivity index (χ1v) is 5.45. The number of nitrogens with zero attached hydrogens (tertiary/aromatic N) is 2. The molecule has 0 saturated carbocycles. The summed E-state index contributed by atoms with van der Waals surface area (Å²) in [7, 11) is 1.73. The summed E-state index contributed by atoms with van der Waals surface area (Å²) >= 11 is 0. The summed E-state index contributed by atoms with van der Waals surface area (Å²) < 4.78 is 27.7. The lowest BCUT2D eigenvalue weighted by Crippen LogP contribution is -2.07. The Bertz CT molecular complexity index is 586. The van der Waals surface area contributed by atoms with Crippen LogP contribution in [-0.4, -0.2) is 15.6 Å². The van der Waals surface area contributed by atoms with Gasteiger partial charge in [-0.1, -0.05) is 6.07 Å². The van der Waals surface area contributed by atoms with Crippen molar-refractivity contribution in [2.24, 2.45) is 7.05 Å². The van der Waals surface area contributed by atoms with Crippen LogP contribution in [0.5, 0.6) is 0 Å². The number of halogens is 2. The van der Waals surface area contributed by atoms with E-state index in [0.29, 0.717) is 5.69 Å². The van der Waals surface area contributed by atoms with Gasteiger partial charge in [0.1, 0.15) is 17.3 Å². The van der Waals surface area contributed by atoms with Crippen LogP contribution in [-0.2, 0) is 13.5 Å². The molecule has 0 aliphatic rings. The third-order valence-corrected chi connectivity index (χ3v) is 2.77. The second-order valence-corrected chi connectivity index (χ2v) is 4.13. The number of aryl methyl sites for hydroxylation is 2. The van der Waals surface area contributed by atoms with Crippen LogP contribution in [0.2, 0.25) is 0 Å². The lowest BCUT2D eigenvalue weighted by atomic mass is 10.1. The third kappa shape index (κ3) is 2.45. The molecular weight excluding hydrogens is 238 g/mol. The Labute approximate surface area is 103 Å². The molecular formula is C13H12F2N2O. The Morgan fingerprint density at radius 3 is 2.61 bits per heavy atom. The highest BCUT2D eigenvalue weighted by atomic mass is 19.1. The molecule has 18 heavy (non-hydrogen) atoms. The largest absolute Gasteiger partial charge is 0.292 e. The van der Waals surface area contributed by atoms with Crippen LogP contribution in [0.1, 0.15) is 21.7 Å². The second kappa shape index (κ2) is 4.68. The molecule has 0 aliphatic heterocycles. The van der Waals surface area contributed by atoms with Gasteiger partial charge in [0.25, 0.3) is 0 Å². The highest BCUT2D eigenvalue weighted by Crippen LogP contribution is 2.13. The molecule has 0 saturated heterocycles. The third-order valence-electron chi connectivity index (χ3n) is 2.77. The van der Waals surface area contributed by atoms with E-state index in [1.807, 2.05) is 6.92 Å². The number of benzene rings is 1. The Kier molecular flexibility index (Phi) is 3.23. The molecule has 2 aromatic rings. The van der Waals surface area contributed by atoms with Crippen molar-refractivity contribution in [2.45, 2.75) is 13.3 Å². The quantitative estimate of drug-likeness (QED) is 0.784. The Morgan fingerprint density at radius 1 is 1.33 bits per heavy atom. The number of Topliss-reactive ketones (excluding diaryl/α,β-unsaturated/α-hetero) is 1. The van der Waals surface area contributed by atoms with Gasteiger partial charge in [0, 0.05) is 25.2 Å². The molecule has 0 unspecified atom stereocenters. The SMILES string of the molecule is Cc1cc(C(=O)Cc2ccc(F)cc2F)nn1C. The molecule has 0 atom stereocenters. The number of carbonyl (C=O) groups is 1. The molecule has 0 aliphatic carbocycles. The Hall–Kier alpha value is -2.04. The van der Waals surface area contributed by atoms with Gasteiger partial charge < -0.3 is 0 Å². The molecule has 0 spiro atoms. The van der Waals surface area contributed by atoms with Gasteiger partial charge in [-0.25, -0.2) is 8.78 Å². The second-order valence-electron chi connectivity index (χ2n) is 4.13. The van der Waals surface area contributed by atoms with Crippen molar-refractivity contribution in [3.8, 4) is 0 Å². The molecule has 94 valence electrons. The van der Waals surface area contributed by atoms with Gasteiger partial charge in [0.15, 0.2) is 5.78 Å². The maximum Gasteiger partial charge on any atom is 0.187 e. The monoisotopic (exact) mass is 250 g/mol. The fraction of sp³-hybridized carbons (Fsp3) is 0.231. The zero-order valence-electron chi connectivity index (χ0n) is 10.1. The Morgan fingerprint density at radius 2 is 2.06 bits per heavy atom. The predicted octanol–water partition coefficient (Wildman–Crippen LogP) is 2.43. The van der Waals surface area contributed by atoms with Crippen LogP contribution >= 0.6 is 0 Å². The van der Waals surface area contributed by atoms with Gasteiger partial charge in [-0.3, -0.25) is 9.48 Å². The van der Waals surface area contributed by atoms with Gasteiger partial charge >= 0.3 is 0 Å². The number of aromatic nitrogens is 2. The minimum Gasteiger partial charge on any atom is -0.292 e. The molecule has 2 rings (SSSR count). The first-order chi connectivity index (χ1) is 8.47. The molecule has 3 nitrogen and oxygen atoms in total. The van der Waals surface area contributed by atoms with Gasteiger partial charge in [0.2, 0.25) is 0 Å². The van der Waals surface area contributed by atoms with Crippen LogP contribution in [0.15, 0.2) is 24.3 Å². The molecule has 0 N–H and O–H groups in total. The topological polar surface area (TPSA) is 34.9 Å². The van der Waals surface area contributed by atoms with Crippen LogP contribution in [0.25, 0.3) is 0 Å². The normalized spacial score (nSPS) is 10.7. The molecule has 0 radical (unpaired) electrons. The van der Waals surface area contributed by atoms with Gasteiger partial charge in [0.05, 0.1) is 0 Å². The van der Waals surface area contributed by atoms with Crippen LogP contribution < -0.4 is 0 Å². The fourth-order valence-electron chi connectivity index (χ4n) is 1.63. The summed E-state index contributed by atoms with van der Waals surface area (Å²) in [6.07, 6.45) is -0.122. The molecule has 1 heterocycles. The van der Waals surface area contributed by atoms with E-state index in [0.717, 1.165) is 17.8 Å². The minimum atomic E-state index is -0.712. The van der Waals surface area contributed by atoms with E-state index in [2.05, 4.69) is 5.10 Å². The van der Waals surface area contributed by atoms with E-state index in [1.54, 1.807) is 17.8 Å². The summed E-state index contributed by atoms with van der Waals surface area (Å²) in [6, 6.07) is 4.82. The number of carbonyl (C=O) groups excluding carboxylic acids is 1. The highest BCUT2D eigenvalue weighted by Gasteiger charge is 2.14. The Balaban J connectivity index is 2.21. The first-order valence-electron chi connectivity index (χ1n) is 5.45. The van der Waals surface area contributed by atoms with Crippen molar-refractivity contribution in [2.75, 3.05) is 0 Å². The van der Waals surface area contributed by atoms with E-state index in [1.165, 1.54) is 6.07 Å². The molecule has 1 aromatic carbocycles. The van der Waals surface area contributed by atoms with Gasteiger partial charge in [-0.15, -0.1) is 0 Å². The molecule has 0 bridgehead atoms. The standard InChI is InChI=1S/C13H12F2N2O/c1-8-5-12(16-17(8)2)13(18)6-9-3-4-10(14)7-11(9)15/h3-5,7H,6H2,1-2H3. The van der Waals surface area contributed by atoms with Crippen molar-refractivity contribution in [1.82, 2.24) is 9.78 Å². The van der Waals surface area contributed by atoms with E-state index in [4.69, 9.17) is 0 Å². The van der Waals surface area contributed by atoms with E-state index in [-0.39, 0.29) is 17.8 Å². The summed E-state index contributed by atoms with van der Waals surface area (Å²) in [5, 5.41) is 4.02. The molecule has 5 heteroatoms. The fourth-order valence-corrected chi connectivity index (χ4v) is 1.63. The van der Waals surface area contributed by atoms with Gasteiger partial charge in [-0.05, 0) is 24.6 Å². The van der Waals surface area contributed by atoms with Crippen molar-refractivity contribution in [3.05, 3.63) is 52.9 Å². The zero-order valence-corrected chi connectivity index (χ0v) is 10.1. The van der Waals surface area contributed by atoms with E-state index in [9.17, 15) is 13.6 Å². The number of hydrogen-bond acceptors (Lipinski definition) is 2. The highest BCUT2D eigenvalue weighted by molar-refractivity contribution is 5.95. The first kappa shape index (κ1) is 12.4. The summed E-state index contributed by atoms with van der Waals surface area (Å²) in [6.45, 7) is 1.82. The summed E-state index contributed by atoms with van der Waals surface area (Å²) in [5.74, 6) is -1.66. The summed E-state index contributed by atoms with van der Waals surface area (Å²) in [4.78, 5) is 11.9. The predicted molar refractivity (Wildman–Crippen MR) is 62.3 cm³/mol. The van der Waals surface area contributed by atoms with Crippen molar-refractivity contribution in [3.63, 3.8) is 0 Å². The maximum atomic E-state index is 13.4. The lowest BCUT2D eigenvalue weighted by Gasteiger charge is -2.01. The molecule has 0 amide bonds. The zero-order chi connectivity index (χ0) is 13.3. The molecule has 1 aromatic heterocycles. The number of ketones is 1. The lowest BCUT2D eigenvalue weighted by molar-refractivity contribution is 0.0986. The van der Waals surface area contributed by atoms with Crippen LogP contribution in [0, 0.1) is 18.6 Å². The number of rotatable bonds is 3. The summed E-state index contributed by atoms with van der Waals surface area (Å²) in [5.41, 5.74) is 1.31. The van der Waals surface area contributed by atoms with Crippen molar-refractivity contribution < 1.29 is 13.6 Å². The minimum absolute atomic E-state index is 0.122. The van der Waals surface area contributed by atoms with E-state index >= 15 is 0 Å². The van der Waals surface area contributed by atoms with Gasteiger partial charge in [-0.2, -0.15) is 5.10 Å². The van der Waals surface area contributed by atoms with Crippen molar-refractivity contribution >= 4 is 5.78 Å². The average molecular weight is 250 g/mol. The molecule has 0 fully saturated rings. The van der Waals surface area contributed by atoms with Crippen molar-refractivity contribution in [1.29, 1.82) is 0 Å². The van der Waals surface area contributed by atoms with Crippen LogP contribution in [0.4, 0.5) is 8.78 Å².